The molecule has 0 fully saturated rings. The zero-order valence-corrected chi connectivity index (χ0v) is 9.09. The highest BCUT2D eigenvalue weighted by Crippen LogP contribution is 1.90. The van der Waals surface area contributed by atoms with Gasteiger partial charge in [-0.05, 0) is 6.92 Å². The van der Waals surface area contributed by atoms with Gasteiger partial charge in [-0.15, -0.1) is 0 Å². The molecule has 0 spiro atoms. The first-order valence-corrected chi connectivity index (χ1v) is 4.56. The second-order valence-corrected chi connectivity index (χ2v) is 2.75. The summed E-state index contributed by atoms with van der Waals surface area (Å²) in [5, 5.41) is 0. The van der Waals surface area contributed by atoms with E-state index in [0.717, 1.165) is 0 Å². The van der Waals surface area contributed by atoms with Crippen molar-refractivity contribution in [1.29, 1.82) is 0 Å². The van der Waals surface area contributed by atoms with Crippen molar-refractivity contribution in [2.24, 2.45) is 0 Å². The lowest BCUT2D eigenvalue weighted by Gasteiger charge is -2.00. The summed E-state index contributed by atoms with van der Waals surface area (Å²) in [7, 11) is 0. The second kappa shape index (κ2) is 9.45. The molecule has 16 heavy (non-hydrogen) atoms. The first-order chi connectivity index (χ1) is 7.68. The van der Waals surface area contributed by atoms with E-state index in [1.54, 1.807) is 0 Å². The predicted molar refractivity (Wildman–Crippen MR) is 59.4 cm³/mol. The molecule has 1 rings (SSSR count). The van der Waals surface area contributed by atoms with Crippen molar-refractivity contribution in [2.75, 3.05) is 6.79 Å². The smallest absolute Gasteiger partial charge is 0.335 e. The Labute approximate surface area is 94.5 Å². The molecule has 1 aromatic carbocycles. The zero-order chi connectivity index (χ0) is 12.2. The summed E-state index contributed by atoms with van der Waals surface area (Å²) >= 11 is 0. The summed E-state index contributed by atoms with van der Waals surface area (Å²) in [6.07, 6.45) is 0. The number of hydrogen-bond acceptors (Lipinski definition) is 4. The van der Waals surface area contributed by atoms with Gasteiger partial charge in [0.2, 0.25) is 6.79 Å². The fourth-order valence-electron chi connectivity index (χ4n) is 0.623. The van der Waals surface area contributed by atoms with Gasteiger partial charge in [0.05, 0.1) is 0 Å². The highest BCUT2D eigenvalue weighted by Gasteiger charge is 2.00. The summed E-state index contributed by atoms with van der Waals surface area (Å²) in [6.45, 7) is 4.67. The highest BCUT2D eigenvalue weighted by atomic mass is 16.7. The van der Waals surface area contributed by atoms with Gasteiger partial charge >= 0.3 is 5.97 Å². The first-order valence-electron chi connectivity index (χ1n) is 4.56. The van der Waals surface area contributed by atoms with Crippen molar-refractivity contribution in [1.82, 2.24) is 0 Å². The van der Waals surface area contributed by atoms with E-state index >= 15 is 0 Å². The molecule has 0 bridgehead atoms. The monoisotopic (exact) mass is 222 g/mol. The maximum absolute atomic E-state index is 10.5. The average Bonchev–Trinajstić information content (AvgIpc) is 2.32. The van der Waals surface area contributed by atoms with Gasteiger partial charge in [0.1, 0.15) is 0 Å². The van der Waals surface area contributed by atoms with Crippen molar-refractivity contribution >= 4 is 12.4 Å². The molecule has 0 aliphatic carbocycles. The predicted octanol–water partition coefficient (Wildman–Crippen LogP) is 1.92. The molecule has 0 aliphatic rings. The highest BCUT2D eigenvalue weighted by molar-refractivity contribution is 5.86. The Morgan fingerprint density at radius 2 is 1.62 bits per heavy atom. The summed E-state index contributed by atoms with van der Waals surface area (Å²) in [5.74, 6) is -0.568. The van der Waals surface area contributed by atoms with Crippen LogP contribution in [0.2, 0.25) is 0 Å². The van der Waals surface area contributed by atoms with E-state index < -0.39 is 5.97 Å². The number of ether oxygens (including phenoxy) is 2. The third-order valence-corrected chi connectivity index (χ3v) is 1.34. The lowest BCUT2D eigenvalue weighted by molar-refractivity contribution is -0.156. The van der Waals surface area contributed by atoms with Crippen LogP contribution in [-0.2, 0) is 19.1 Å². The summed E-state index contributed by atoms with van der Waals surface area (Å²) in [5.41, 5.74) is 0.273. The standard InChI is InChI=1S/C6H8O4.C6H6/c1-5(2)6(8)10-4-9-3-7;1-2-4-6-5-3-1/h3H,1,4H2,2H3;1-6H. The van der Waals surface area contributed by atoms with Crippen LogP contribution < -0.4 is 0 Å². The van der Waals surface area contributed by atoms with Crippen LogP contribution in [0, 0.1) is 0 Å². The number of benzene rings is 1. The Kier molecular flexibility index (Phi) is 8.21. The molecule has 4 nitrogen and oxygen atoms in total. The van der Waals surface area contributed by atoms with Gasteiger partial charge in [-0.25, -0.2) is 4.79 Å². The summed E-state index contributed by atoms with van der Waals surface area (Å²) in [6, 6.07) is 12.0. The molecule has 0 aliphatic heterocycles. The van der Waals surface area contributed by atoms with Gasteiger partial charge in [0, 0.05) is 5.57 Å². The molecule has 0 atom stereocenters. The van der Waals surface area contributed by atoms with Gasteiger partial charge < -0.3 is 9.47 Å². The van der Waals surface area contributed by atoms with Crippen LogP contribution in [0.5, 0.6) is 0 Å². The fraction of sp³-hybridized carbons (Fsp3) is 0.167. The van der Waals surface area contributed by atoms with Crippen molar-refractivity contribution in [3.8, 4) is 0 Å². The number of carbonyl (C=O) groups excluding carboxylic acids is 2. The second-order valence-electron chi connectivity index (χ2n) is 2.75. The Balaban J connectivity index is 0.000000315. The molecule has 4 heteroatoms. The SMILES string of the molecule is C=C(C)C(=O)OCOC=O.c1ccccc1. The lowest BCUT2D eigenvalue weighted by Crippen LogP contribution is -2.07. The molecular formula is C12H14O4. The number of rotatable bonds is 4. The van der Waals surface area contributed by atoms with Gasteiger partial charge in [-0.3, -0.25) is 4.79 Å². The van der Waals surface area contributed by atoms with E-state index in [2.05, 4.69) is 16.1 Å². The van der Waals surface area contributed by atoms with Crippen LogP contribution in [0.15, 0.2) is 48.6 Å². The number of carbonyl (C=O) groups is 2. The van der Waals surface area contributed by atoms with Crippen LogP contribution in [-0.4, -0.2) is 19.2 Å². The largest absolute Gasteiger partial charge is 0.430 e. The molecule has 0 radical (unpaired) electrons. The molecule has 0 saturated heterocycles. The van der Waals surface area contributed by atoms with Crippen molar-refractivity contribution < 1.29 is 19.1 Å². The Morgan fingerprint density at radius 3 is 1.94 bits per heavy atom. The van der Waals surface area contributed by atoms with E-state index in [9.17, 15) is 9.59 Å². The van der Waals surface area contributed by atoms with Crippen LogP contribution in [0.1, 0.15) is 6.92 Å². The Morgan fingerprint density at radius 1 is 1.19 bits per heavy atom. The molecule has 0 aromatic heterocycles. The fourth-order valence-corrected chi connectivity index (χ4v) is 0.623. The van der Waals surface area contributed by atoms with E-state index in [0.29, 0.717) is 0 Å². The minimum absolute atomic E-state index is 0.200. The van der Waals surface area contributed by atoms with E-state index in [1.165, 1.54) is 6.92 Å². The summed E-state index contributed by atoms with van der Waals surface area (Å²) in [4.78, 5) is 20.0. The third-order valence-electron chi connectivity index (χ3n) is 1.34. The molecule has 0 amide bonds. The Hall–Kier alpha value is -2.10. The Bertz CT molecular complexity index is 292. The number of hydrogen-bond donors (Lipinski definition) is 0. The van der Waals surface area contributed by atoms with Crippen LogP contribution in [0.25, 0.3) is 0 Å². The van der Waals surface area contributed by atoms with E-state index in [4.69, 9.17) is 0 Å². The van der Waals surface area contributed by atoms with Gasteiger partial charge in [0.15, 0.2) is 0 Å². The number of esters is 1. The topological polar surface area (TPSA) is 52.6 Å². The van der Waals surface area contributed by atoms with Gasteiger partial charge in [-0.1, -0.05) is 43.0 Å². The maximum Gasteiger partial charge on any atom is 0.335 e. The molecule has 0 unspecified atom stereocenters. The van der Waals surface area contributed by atoms with E-state index in [1.807, 2.05) is 36.4 Å². The normalized spacial score (nSPS) is 8.06. The van der Waals surface area contributed by atoms with Crippen LogP contribution in [0.3, 0.4) is 0 Å². The van der Waals surface area contributed by atoms with E-state index in [-0.39, 0.29) is 18.8 Å². The van der Waals surface area contributed by atoms with Crippen LogP contribution >= 0.6 is 0 Å². The van der Waals surface area contributed by atoms with Crippen molar-refractivity contribution in [2.45, 2.75) is 6.92 Å². The molecule has 86 valence electrons. The lowest BCUT2D eigenvalue weighted by atomic mass is 10.4. The van der Waals surface area contributed by atoms with Crippen molar-refractivity contribution in [3.63, 3.8) is 0 Å². The minimum Gasteiger partial charge on any atom is -0.430 e. The molecular weight excluding hydrogens is 208 g/mol. The quantitative estimate of drug-likeness (QED) is 0.257. The van der Waals surface area contributed by atoms with Crippen molar-refractivity contribution in [3.05, 3.63) is 48.6 Å². The maximum atomic E-state index is 10.5. The average molecular weight is 222 g/mol. The minimum atomic E-state index is -0.568. The van der Waals surface area contributed by atoms with Gasteiger partial charge in [-0.2, -0.15) is 0 Å². The summed E-state index contributed by atoms with van der Waals surface area (Å²) < 4.78 is 8.44. The van der Waals surface area contributed by atoms with Gasteiger partial charge in [0.25, 0.3) is 6.47 Å². The zero-order valence-electron chi connectivity index (χ0n) is 9.09. The molecule has 0 saturated carbocycles. The first kappa shape index (κ1) is 13.9. The van der Waals surface area contributed by atoms with Crippen LogP contribution in [0.4, 0.5) is 0 Å². The molecule has 0 N–H and O–H groups in total. The third kappa shape index (κ3) is 8.50. The molecule has 0 heterocycles. The molecule has 1 aromatic rings.